The monoisotopic (exact) mass is 404 g/mol. The summed E-state index contributed by atoms with van der Waals surface area (Å²) in [5.74, 6) is 2.45. The zero-order valence-corrected chi connectivity index (χ0v) is 19.1. The molecule has 0 bridgehead atoms. The molecule has 4 aliphatic carbocycles. The van der Waals surface area contributed by atoms with E-state index in [2.05, 4.69) is 27.7 Å². The van der Waals surface area contributed by atoms with Crippen LogP contribution in [-0.4, -0.2) is 38.0 Å². The molecule has 0 aromatic rings. The van der Waals surface area contributed by atoms with Crippen LogP contribution in [-0.2, 0) is 19.0 Å². The van der Waals surface area contributed by atoms with Gasteiger partial charge >= 0.3 is 0 Å². The quantitative estimate of drug-likeness (QED) is 0.617. The summed E-state index contributed by atoms with van der Waals surface area (Å²) in [4.78, 5) is 12.2. The number of hydrogen-bond donors (Lipinski definition) is 0. The lowest BCUT2D eigenvalue weighted by atomic mass is 9.44. The van der Waals surface area contributed by atoms with Crippen LogP contribution in [0.3, 0.4) is 0 Å². The third-order valence-electron chi connectivity index (χ3n) is 10.1. The number of ketones is 1. The van der Waals surface area contributed by atoms with E-state index >= 15 is 0 Å². The van der Waals surface area contributed by atoms with Crippen LogP contribution in [0.2, 0.25) is 0 Å². The summed E-state index contributed by atoms with van der Waals surface area (Å²) in [7, 11) is 1.90. The third-order valence-corrected chi connectivity index (χ3v) is 10.1. The van der Waals surface area contributed by atoms with Gasteiger partial charge in [0.25, 0.3) is 0 Å². The van der Waals surface area contributed by atoms with Crippen molar-refractivity contribution in [2.45, 2.75) is 91.0 Å². The zero-order chi connectivity index (χ0) is 20.7. The second-order valence-electron chi connectivity index (χ2n) is 12.2. The molecule has 5 rings (SSSR count). The van der Waals surface area contributed by atoms with Crippen molar-refractivity contribution in [3.05, 3.63) is 0 Å². The lowest BCUT2D eigenvalue weighted by Crippen LogP contribution is -2.64. The summed E-state index contributed by atoms with van der Waals surface area (Å²) >= 11 is 0. The first-order valence-corrected chi connectivity index (χ1v) is 12.0. The molecule has 164 valence electrons. The molecule has 0 aromatic carbocycles. The lowest BCUT2D eigenvalue weighted by Gasteiger charge is -2.63. The van der Waals surface area contributed by atoms with Crippen LogP contribution < -0.4 is 0 Å². The number of fused-ring (bicyclic) bond motifs is 6. The Kier molecular flexibility index (Phi) is 4.60. The van der Waals surface area contributed by atoms with Crippen molar-refractivity contribution < 1.29 is 19.0 Å². The van der Waals surface area contributed by atoms with Gasteiger partial charge < -0.3 is 14.2 Å². The summed E-state index contributed by atoms with van der Waals surface area (Å²) in [6.07, 6.45) is 8.52. The summed E-state index contributed by atoms with van der Waals surface area (Å²) in [6.45, 7) is 10.9. The molecule has 4 heteroatoms. The second kappa shape index (κ2) is 6.53. The predicted octanol–water partition coefficient (Wildman–Crippen LogP) is 4.99. The number of hydrogen-bond acceptors (Lipinski definition) is 4. The predicted molar refractivity (Wildman–Crippen MR) is 111 cm³/mol. The molecule has 4 nitrogen and oxygen atoms in total. The van der Waals surface area contributed by atoms with Crippen molar-refractivity contribution >= 4 is 5.78 Å². The summed E-state index contributed by atoms with van der Waals surface area (Å²) < 4.78 is 19.5. The van der Waals surface area contributed by atoms with Crippen LogP contribution in [0.1, 0.15) is 79.1 Å². The molecule has 1 saturated heterocycles. The number of rotatable bonds is 1. The molecule has 29 heavy (non-hydrogen) atoms. The third kappa shape index (κ3) is 2.77. The minimum absolute atomic E-state index is 0.0129. The first kappa shape index (κ1) is 20.5. The van der Waals surface area contributed by atoms with E-state index in [4.69, 9.17) is 14.2 Å². The first-order valence-electron chi connectivity index (χ1n) is 12.0. The van der Waals surface area contributed by atoms with E-state index in [9.17, 15) is 4.79 Å². The van der Waals surface area contributed by atoms with Crippen LogP contribution >= 0.6 is 0 Å². The highest BCUT2D eigenvalue weighted by Gasteiger charge is 2.69. The molecule has 1 spiro atoms. The Morgan fingerprint density at radius 1 is 1.00 bits per heavy atom. The normalized spacial score (nSPS) is 50.7. The van der Waals surface area contributed by atoms with E-state index in [1.165, 1.54) is 19.3 Å². The summed E-state index contributed by atoms with van der Waals surface area (Å²) in [5, 5.41) is 0. The van der Waals surface area contributed by atoms with Gasteiger partial charge in [-0.1, -0.05) is 27.7 Å². The molecule has 5 fully saturated rings. The molecule has 4 saturated carbocycles. The molecule has 1 unspecified atom stereocenters. The maximum atomic E-state index is 12.2. The van der Waals surface area contributed by atoms with Crippen LogP contribution in [0.15, 0.2) is 0 Å². The van der Waals surface area contributed by atoms with Gasteiger partial charge in [0.1, 0.15) is 5.78 Å². The standard InChI is InChI=1S/C25H40O4/c1-22(2)14-28-25(29-15-22)11-9-19-18-7-6-16-12-17(26)8-10-23(16,3)21(18)20(27-5)13-24(19,25)4/h16,18-21H,6-15H2,1-5H3/t16-,18?,19-,20-,21+,23-,24-/m0/s1. The second-order valence-corrected chi connectivity index (χ2v) is 12.2. The van der Waals surface area contributed by atoms with Gasteiger partial charge in [-0.15, -0.1) is 0 Å². The minimum Gasteiger partial charge on any atom is -0.381 e. The summed E-state index contributed by atoms with van der Waals surface area (Å²) in [5.41, 5.74) is 0.349. The molecule has 5 aliphatic rings. The summed E-state index contributed by atoms with van der Waals surface area (Å²) in [6, 6.07) is 0. The van der Waals surface area contributed by atoms with Crippen LogP contribution in [0.25, 0.3) is 0 Å². The molecule has 0 N–H and O–H groups in total. The maximum Gasteiger partial charge on any atom is 0.173 e. The van der Waals surface area contributed by atoms with Crippen LogP contribution in [0.4, 0.5) is 0 Å². The number of methoxy groups -OCH3 is 1. The molecule has 0 radical (unpaired) electrons. The van der Waals surface area contributed by atoms with Gasteiger partial charge in [-0.25, -0.2) is 0 Å². The van der Waals surface area contributed by atoms with Gasteiger partial charge in [0, 0.05) is 37.2 Å². The van der Waals surface area contributed by atoms with Crippen molar-refractivity contribution in [3.8, 4) is 0 Å². The minimum atomic E-state index is -0.435. The van der Waals surface area contributed by atoms with Gasteiger partial charge in [0.2, 0.25) is 0 Å². The Labute approximate surface area is 176 Å². The molecule has 0 aromatic heterocycles. The fraction of sp³-hybridized carbons (Fsp3) is 0.960. The van der Waals surface area contributed by atoms with Gasteiger partial charge in [-0.2, -0.15) is 0 Å². The first-order chi connectivity index (χ1) is 13.6. The van der Waals surface area contributed by atoms with E-state index in [0.717, 1.165) is 45.3 Å². The Morgan fingerprint density at radius 2 is 1.72 bits per heavy atom. The smallest absolute Gasteiger partial charge is 0.173 e. The Hall–Kier alpha value is -0.450. The van der Waals surface area contributed by atoms with Crippen molar-refractivity contribution in [1.29, 1.82) is 0 Å². The number of carbonyl (C=O) groups is 1. The van der Waals surface area contributed by atoms with Crippen molar-refractivity contribution in [2.24, 2.45) is 39.9 Å². The highest BCUT2D eigenvalue weighted by atomic mass is 16.7. The average Bonchev–Trinajstić information content (AvgIpc) is 2.96. The molecular weight excluding hydrogens is 364 g/mol. The number of ether oxygens (including phenoxy) is 3. The van der Waals surface area contributed by atoms with Gasteiger partial charge in [0.05, 0.1) is 19.3 Å². The maximum absolute atomic E-state index is 12.2. The van der Waals surface area contributed by atoms with E-state index < -0.39 is 5.79 Å². The zero-order valence-electron chi connectivity index (χ0n) is 19.1. The van der Waals surface area contributed by atoms with E-state index in [0.29, 0.717) is 29.5 Å². The van der Waals surface area contributed by atoms with Crippen LogP contribution in [0, 0.1) is 39.9 Å². The van der Waals surface area contributed by atoms with Gasteiger partial charge in [-0.05, 0) is 61.2 Å². The van der Waals surface area contributed by atoms with E-state index in [1.54, 1.807) is 0 Å². The molecular formula is C25H40O4. The van der Waals surface area contributed by atoms with Crippen molar-refractivity contribution in [2.75, 3.05) is 20.3 Å². The fourth-order valence-corrected chi connectivity index (χ4v) is 8.49. The van der Waals surface area contributed by atoms with Crippen LogP contribution in [0.5, 0.6) is 0 Å². The van der Waals surface area contributed by atoms with E-state index in [-0.39, 0.29) is 22.3 Å². The largest absolute Gasteiger partial charge is 0.381 e. The van der Waals surface area contributed by atoms with Gasteiger partial charge in [-0.3, -0.25) is 4.79 Å². The van der Waals surface area contributed by atoms with Gasteiger partial charge in [0.15, 0.2) is 5.79 Å². The molecule has 7 atom stereocenters. The average molecular weight is 405 g/mol. The Morgan fingerprint density at radius 3 is 2.41 bits per heavy atom. The number of carbonyl (C=O) groups excluding carboxylic acids is 1. The highest BCUT2D eigenvalue weighted by Crippen LogP contribution is 2.69. The van der Waals surface area contributed by atoms with Crippen molar-refractivity contribution in [1.82, 2.24) is 0 Å². The fourth-order valence-electron chi connectivity index (χ4n) is 8.49. The highest BCUT2D eigenvalue weighted by molar-refractivity contribution is 5.79. The number of Topliss-reactive ketones (excluding diaryl/α,β-unsaturated/α-hetero) is 1. The van der Waals surface area contributed by atoms with E-state index in [1.807, 2.05) is 7.11 Å². The molecule has 1 heterocycles. The molecule has 0 amide bonds. The Balaban J connectivity index is 1.48. The topological polar surface area (TPSA) is 44.8 Å². The Bertz CT molecular complexity index is 676. The molecule has 1 aliphatic heterocycles. The lowest BCUT2D eigenvalue weighted by molar-refractivity contribution is -0.353. The SMILES string of the molecule is CO[C@H]1C[C@@]2(C)[C@@H](CCC23OCC(C)(C)CO3)C2CC[C@H]3CC(=O)CC[C@]3(C)[C@H]21. The van der Waals surface area contributed by atoms with Crippen molar-refractivity contribution in [3.63, 3.8) is 0 Å².